The molecule has 0 unspecified atom stereocenters. The second kappa shape index (κ2) is 5.36. The molecule has 2 aromatic rings. The molecular weight excluding hydrogens is 267 g/mol. The van der Waals surface area contributed by atoms with Crippen molar-refractivity contribution in [3.05, 3.63) is 54.1 Å². The SMILES string of the molecule is CC(=O)Nc1ccc(C(F)(F)F)cc1-c1ccccc1. The number of anilines is 1. The van der Waals surface area contributed by atoms with Crippen LogP contribution in [-0.4, -0.2) is 5.91 Å². The Kier molecular flexibility index (Phi) is 3.79. The summed E-state index contributed by atoms with van der Waals surface area (Å²) in [6.45, 7) is 1.31. The van der Waals surface area contributed by atoms with E-state index in [2.05, 4.69) is 5.32 Å². The van der Waals surface area contributed by atoms with Crippen molar-refractivity contribution in [2.75, 3.05) is 5.32 Å². The number of carbonyl (C=O) groups is 1. The summed E-state index contributed by atoms with van der Waals surface area (Å²) < 4.78 is 38.4. The Morgan fingerprint density at radius 3 is 2.25 bits per heavy atom. The zero-order chi connectivity index (χ0) is 14.8. The van der Waals surface area contributed by atoms with Crippen LogP contribution in [0.25, 0.3) is 11.1 Å². The van der Waals surface area contributed by atoms with E-state index in [0.717, 1.165) is 12.1 Å². The number of carbonyl (C=O) groups excluding carboxylic acids is 1. The third kappa shape index (κ3) is 3.17. The first-order valence-corrected chi connectivity index (χ1v) is 5.92. The highest BCUT2D eigenvalue weighted by molar-refractivity contribution is 5.94. The molecule has 0 heterocycles. The number of nitrogens with one attached hydrogen (secondary N) is 1. The van der Waals surface area contributed by atoms with Gasteiger partial charge in [0.1, 0.15) is 0 Å². The molecular formula is C15H12F3NO. The Labute approximate surface area is 114 Å². The molecule has 2 nitrogen and oxygen atoms in total. The molecule has 0 aliphatic rings. The minimum absolute atomic E-state index is 0.332. The maximum Gasteiger partial charge on any atom is 0.416 e. The maximum absolute atomic E-state index is 12.8. The first-order chi connectivity index (χ1) is 9.38. The van der Waals surface area contributed by atoms with Crippen molar-refractivity contribution in [1.82, 2.24) is 0 Å². The van der Waals surface area contributed by atoms with Gasteiger partial charge in [-0.15, -0.1) is 0 Å². The molecule has 2 aromatic carbocycles. The minimum atomic E-state index is -4.42. The average Bonchev–Trinajstić information content (AvgIpc) is 2.38. The second-order valence-electron chi connectivity index (χ2n) is 4.31. The van der Waals surface area contributed by atoms with E-state index in [1.54, 1.807) is 30.3 Å². The summed E-state index contributed by atoms with van der Waals surface area (Å²) in [6.07, 6.45) is -4.42. The van der Waals surface area contributed by atoms with Gasteiger partial charge in [0, 0.05) is 18.2 Å². The van der Waals surface area contributed by atoms with E-state index in [-0.39, 0.29) is 5.91 Å². The van der Waals surface area contributed by atoms with E-state index < -0.39 is 11.7 Å². The lowest BCUT2D eigenvalue weighted by Crippen LogP contribution is -2.09. The summed E-state index contributed by atoms with van der Waals surface area (Å²) in [4.78, 5) is 11.1. The van der Waals surface area contributed by atoms with Gasteiger partial charge in [0.05, 0.1) is 5.56 Å². The zero-order valence-electron chi connectivity index (χ0n) is 10.7. The van der Waals surface area contributed by atoms with Gasteiger partial charge in [-0.25, -0.2) is 0 Å². The van der Waals surface area contributed by atoms with Crippen LogP contribution in [0.15, 0.2) is 48.5 Å². The molecule has 0 aromatic heterocycles. The molecule has 0 atom stereocenters. The number of benzene rings is 2. The van der Waals surface area contributed by atoms with Gasteiger partial charge < -0.3 is 5.32 Å². The van der Waals surface area contributed by atoms with E-state index in [4.69, 9.17) is 0 Å². The van der Waals surface area contributed by atoms with Crippen molar-refractivity contribution in [1.29, 1.82) is 0 Å². The van der Waals surface area contributed by atoms with Gasteiger partial charge in [-0.1, -0.05) is 30.3 Å². The van der Waals surface area contributed by atoms with E-state index in [0.29, 0.717) is 16.8 Å². The molecule has 0 bridgehead atoms. The van der Waals surface area contributed by atoms with E-state index in [1.807, 2.05) is 0 Å². The Morgan fingerprint density at radius 2 is 1.70 bits per heavy atom. The maximum atomic E-state index is 12.8. The van der Waals surface area contributed by atoms with Crippen LogP contribution >= 0.6 is 0 Å². The molecule has 1 N–H and O–H groups in total. The zero-order valence-corrected chi connectivity index (χ0v) is 10.7. The van der Waals surface area contributed by atoms with Gasteiger partial charge in [0.2, 0.25) is 5.91 Å². The molecule has 20 heavy (non-hydrogen) atoms. The molecule has 1 amide bonds. The molecule has 0 aliphatic heterocycles. The molecule has 0 radical (unpaired) electrons. The number of hydrogen-bond donors (Lipinski definition) is 1. The fraction of sp³-hybridized carbons (Fsp3) is 0.133. The summed E-state index contributed by atoms with van der Waals surface area (Å²) in [5.41, 5.74) is 0.570. The number of rotatable bonds is 2. The second-order valence-corrected chi connectivity index (χ2v) is 4.31. The van der Waals surface area contributed by atoms with Gasteiger partial charge in [-0.3, -0.25) is 4.79 Å². The van der Waals surface area contributed by atoms with Crippen LogP contribution in [0.5, 0.6) is 0 Å². The molecule has 0 spiro atoms. The van der Waals surface area contributed by atoms with Crippen molar-refractivity contribution < 1.29 is 18.0 Å². The Bertz CT molecular complexity index is 621. The fourth-order valence-corrected chi connectivity index (χ4v) is 1.88. The Morgan fingerprint density at radius 1 is 1.05 bits per heavy atom. The predicted molar refractivity (Wildman–Crippen MR) is 71.2 cm³/mol. The van der Waals surface area contributed by atoms with Gasteiger partial charge in [0.15, 0.2) is 0 Å². The van der Waals surface area contributed by atoms with E-state index >= 15 is 0 Å². The lowest BCUT2D eigenvalue weighted by atomic mass is 10.0. The number of halogens is 3. The first kappa shape index (κ1) is 14.1. The Hall–Kier alpha value is -2.30. The van der Waals surface area contributed by atoms with Crippen molar-refractivity contribution >= 4 is 11.6 Å². The molecule has 2 rings (SSSR count). The standard InChI is InChI=1S/C15H12F3NO/c1-10(20)19-14-8-7-12(15(16,17)18)9-13(14)11-5-3-2-4-6-11/h2-9H,1H3,(H,19,20). The normalized spacial score (nSPS) is 11.2. The highest BCUT2D eigenvalue weighted by Gasteiger charge is 2.31. The molecule has 104 valence electrons. The summed E-state index contributed by atoms with van der Waals surface area (Å²) in [6, 6.07) is 11.9. The predicted octanol–water partition coefficient (Wildman–Crippen LogP) is 4.33. The molecule has 0 fully saturated rings. The van der Waals surface area contributed by atoms with Crippen LogP contribution in [-0.2, 0) is 11.0 Å². The Balaban J connectivity index is 2.57. The summed E-state index contributed by atoms with van der Waals surface area (Å²) in [5, 5.41) is 2.54. The molecule has 5 heteroatoms. The smallest absolute Gasteiger partial charge is 0.326 e. The topological polar surface area (TPSA) is 29.1 Å². The molecule has 0 saturated carbocycles. The lowest BCUT2D eigenvalue weighted by molar-refractivity contribution is -0.137. The monoisotopic (exact) mass is 279 g/mol. The summed E-state index contributed by atoms with van der Waals surface area (Å²) in [5.74, 6) is -0.332. The van der Waals surface area contributed by atoms with Crippen LogP contribution in [0.2, 0.25) is 0 Å². The van der Waals surface area contributed by atoms with Gasteiger partial charge in [-0.05, 0) is 23.8 Å². The van der Waals surface area contributed by atoms with Crippen LogP contribution < -0.4 is 5.32 Å². The average molecular weight is 279 g/mol. The van der Waals surface area contributed by atoms with Crippen molar-refractivity contribution in [2.45, 2.75) is 13.1 Å². The van der Waals surface area contributed by atoms with Gasteiger partial charge in [-0.2, -0.15) is 13.2 Å². The number of amides is 1. The largest absolute Gasteiger partial charge is 0.416 e. The highest BCUT2D eigenvalue weighted by atomic mass is 19.4. The van der Waals surface area contributed by atoms with Crippen molar-refractivity contribution in [3.8, 4) is 11.1 Å². The summed E-state index contributed by atoms with van der Waals surface area (Å²) >= 11 is 0. The minimum Gasteiger partial charge on any atom is -0.326 e. The van der Waals surface area contributed by atoms with Crippen LogP contribution in [0.3, 0.4) is 0 Å². The fourth-order valence-electron chi connectivity index (χ4n) is 1.88. The van der Waals surface area contributed by atoms with E-state index in [9.17, 15) is 18.0 Å². The highest BCUT2D eigenvalue weighted by Crippen LogP contribution is 2.36. The molecule has 0 aliphatic carbocycles. The summed E-state index contributed by atoms with van der Waals surface area (Å²) in [7, 11) is 0. The first-order valence-electron chi connectivity index (χ1n) is 5.92. The lowest BCUT2D eigenvalue weighted by Gasteiger charge is -2.14. The van der Waals surface area contributed by atoms with Crippen LogP contribution in [0.1, 0.15) is 12.5 Å². The number of hydrogen-bond acceptors (Lipinski definition) is 1. The quantitative estimate of drug-likeness (QED) is 0.871. The third-order valence-corrected chi connectivity index (χ3v) is 2.74. The van der Waals surface area contributed by atoms with E-state index in [1.165, 1.54) is 13.0 Å². The van der Waals surface area contributed by atoms with Crippen molar-refractivity contribution in [2.24, 2.45) is 0 Å². The third-order valence-electron chi connectivity index (χ3n) is 2.74. The van der Waals surface area contributed by atoms with Gasteiger partial charge in [0.25, 0.3) is 0 Å². The number of alkyl halides is 3. The molecule has 0 saturated heterocycles. The van der Waals surface area contributed by atoms with Gasteiger partial charge >= 0.3 is 6.18 Å². The van der Waals surface area contributed by atoms with Crippen LogP contribution in [0, 0.1) is 0 Å². The van der Waals surface area contributed by atoms with Crippen molar-refractivity contribution in [3.63, 3.8) is 0 Å². The van der Waals surface area contributed by atoms with Crippen LogP contribution in [0.4, 0.5) is 18.9 Å².